The first-order chi connectivity index (χ1) is 9.83. The minimum Gasteiger partial charge on any atom is -0.397 e. The number of aromatic nitrogens is 1. The van der Waals surface area contributed by atoms with Crippen molar-refractivity contribution in [1.29, 1.82) is 0 Å². The third-order valence-corrected chi connectivity index (χ3v) is 3.94. The molecule has 0 aliphatic carbocycles. The highest BCUT2D eigenvalue weighted by atomic mass is 15.1. The van der Waals surface area contributed by atoms with Crippen molar-refractivity contribution in [3.8, 4) is 0 Å². The lowest BCUT2D eigenvalue weighted by molar-refractivity contribution is 0.707. The molecule has 2 aromatic rings. The highest BCUT2D eigenvalue weighted by Crippen LogP contribution is 2.26. The Morgan fingerprint density at radius 1 is 1.10 bits per heavy atom. The molecule has 0 spiro atoms. The van der Waals surface area contributed by atoms with Crippen molar-refractivity contribution in [2.75, 3.05) is 23.7 Å². The molecule has 0 saturated carbocycles. The van der Waals surface area contributed by atoms with Crippen LogP contribution >= 0.6 is 0 Å². The predicted octanol–water partition coefficient (Wildman–Crippen LogP) is 3.05. The van der Waals surface area contributed by atoms with Gasteiger partial charge in [-0.15, -0.1) is 0 Å². The largest absolute Gasteiger partial charge is 0.397 e. The van der Waals surface area contributed by atoms with Gasteiger partial charge < -0.3 is 10.6 Å². The number of pyridine rings is 1. The van der Waals surface area contributed by atoms with E-state index in [9.17, 15) is 0 Å². The van der Waals surface area contributed by atoms with E-state index >= 15 is 0 Å². The van der Waals surface area contributed by atoms with Gasteiger partial charge >= 0.3 is 0 Å². The Bertz CT molecular complexity index is 563. The molecule has 20 heavy (non-hydrogen) atoms. The summed E-state index contributed by atoms with van der Waals surface area (Å²) in [5.74, 6) is 0. The Hall–Kier alpha value is -2.03. The fourth-order valence-corrected chi connectivity index (χ4v) is 2.83. The van der Waals surface area contributed by atoms with Crippen LogP contribution in [0, 0.1) is 0 Å². The van der Waals surface area contributed by atoms with Crippen molar-refractivity contribution in [3.63, 3.8) is 0 Å². The molecule has 1 aromatic heterocycles. The Balaban J connectivity index is 1.72. The highest BCUT2D eigenvalue weighted by molar-refractivity contribution is 5.54. The molecule has 2 N–H and O–H groups in total. The van der Waals surface area contributed by atoms with E-state index in [0.29, 0.717) is 0 Å². The molecule has 0 atom stereocenters. The summed E-state index contributed by atoms with van der Waals surface area (Å²) in [6.45, 7) is 2.17. The molecule has 0 unspecified atom stereocenters. The number of nitrogens with zero attached hydrogens (tertiary/aromatic N) is 2. The molecular weight excluding hydrogens is 246 g/mol. The van der Waals surface area contributed by atoms with Crippen LogP contribution in [0.3, 0.4) is 0 Å². The van der Waals surface area contributed by atoms with Crippen molar-refractivity contribution < 1.29 is 0 Å². The number of nitrogens with two attached hydrogens (primary N) is 1. The van der Waals surface area contributed by atoms with Crippen molar-refractivity contribution in [2.24, 2.45) is 0 Å². The fraction of sp³-hybridized carbons (Fsp3) is 0.353. The van der Waals surface area contributed by atoms with E-state index in [1.807, 2.05) is 12.1 Å². The van der Waals surface area contributed by atoms with Gasteiger partial charge in [0.25, 0.3) is 0 Å². The van der Waals surface area contributed by atoms with Crippen molar-refractivity contribution >= 4 is 11.4 Å². The average molecular weight is 267 g/mol. The van der Waals surface area contributed by atoms with E-state index in [2.05, 4.69) is 34.1 Å². The SMILES string of the molecule is Nc1ccc(CCN2CCCCc3ccccc32)nc1. The first-order valence-electron chi connectivity index (χ1n) is 7.36. The monoisotopic (exact) mass is 267 g/mol. The van der Waals surface area contributed by atoms with Crippen LogP contribution in [-0.2, 0) is 12.8 Å². The molecule has 3 rings (SSSR count). The van der Waals surface area contributed by atoms with Crippen molar-refractivity contribution in [2.45, 2.75) is 25.7 Å². The lowest BCUT2D eigenvalue weighted by Crippen LogP contribution is -2.26. The number of rotatable bonds is 3. The third kappa shape index (κ3) is 2.93. The maximum absolute atomic E-state index is 5.68. The van der Waals surface area contributed by atoms with Gasteiger partial charge in [0.2, 0.25) is 0 Å². The number of fused-ring (bicyclic) bond motifs is 1. The second kappa shape index (κ2) is 5.95. The minimum absolute atomic E-state index is 0.730. The maximum atomic E-state index is 5.68. The van der Waals surface area contributed by atoms with Gasteiger partial charge in [-0.3, -0.25) is 4.98 Å². The van der Waals surface area contributed by atoms with Crippen LogP contribution in [0.2, 0.25) is 0 Å². The van der Waals surface area contributed by atoms with E-state index in [1.165, 1.54) is 30.5 Å². The number of para-hydroxylation sites is 1. The van der Waals surface area contributed by atoms with Crippen molar-refractivity contribution in [3.05, 3.63) is 53.9 Å². The van der Waals surface area contributed by atoms with Crippen LogP contribution in [0.25, 0.3) is 0 Å². The van der Waals surface area contributed by atoms with Gasteiger partial charge in [0, 0.05) is 30.9 Å². The number of benzene rings is 1. The molecule has 2 heterocycles. The number of hydrogen-bond acceptors (Lipinski definition) is 3. The van der Waals surface area contributed by atoms with E-state index in [4.69, 9.17) is 5.73 Å². The zero-order valence-corrected chi connectivity index (χ0v) is 11.8. The van der Waals surface area contributed by atoms with E-state index in [-0.39, 0.29) is 0 Å². The highest BCUT2D eigenvalue weighted by Gasteiger charge is 2.14. The topological polar surface area (TPSA) is 42.1 Å². The Labute approximate surface area is 120 Å². The molecule has 0 radical (unpaired) electrons. The number of aryl methyl sites for hydroxylation is 1. The summed E-state index contributed by atoms with van der Waals surface area (Å²) in [7, 11) is 0. The molecule has 3 heteroatoms. The first-order valence-corrected chi connectivity index (χ1v) is 7.36. The molecule has 0 saturated heterocycles. The maximum Gasteiger partial charge on any atom is 0.0501 e. The third-order valence-electron chi connectivity index (χ3n) is 3.94. The van der Waals surface area contributed by atoms with Crippen LogP contribution in [0.1, 0.15) is 24.1 Å². The first kappa shape index (κ1) is 13.0. The Morgan fingerprint density at radius 3 is 2.85 bits per heavy atom. The van der Waals surface area contributed by atoms with E-state index in [1.54, 1.807) is 6.20 Å². The number of nitrogen functional groups attached to an aromatic ring is 1. The van der Waals surface area contributed by atoms with E-state index in [0.717, 1.165) is 30.9 Å². The summed E-state index contributed by atoms with van der Waals surface area (Å²) in [4.78, 5) is 6.89. The van der Waals surface area contributed by atoms with Crippen LogP contribution in [0.4, 0.5) is 11.4 Å². The summed E-state index contributed by atoms with van der Waals surface area (Å²) < 4.78 is 0. The molecule has 3 nitrogen and oxygen atoms in total. The summed E-state index contributed by atoms with van der Waals surface area (Å²) >= 11 is 0. The fourth-order valence-electron chi connectivity index (χ4n) is 2.83. The van der Waals surface area contributed by atoms with Gasteiger partial charge in [-0.05, 0) is 43.0 Å². The Kier molecular flexibility index (Phi) is 3.86. The molecule has 0 bridgehead atoms. The minimum atomic E-state index is 0.730. The van der Waals surface area contributed by atoms with Gasteiger partial charge in [0.1, 0.15) is 0 Å². The second-order valence-electron chi connectivity index (χ2n) is 5.41. The smallest absolute Gasteiger partial charge is 0.0501 e. The molecule has 1 aliphatic heterocycles. The Morgan fingerprint density at radius 2 is 2.00 bits per heavy atom. The van der Waals surface area contributed by atoms with Crippen LogP contribution in [0.15, 0.2) is 42.6 Å². The second-order valence-corrected chi connectivity index (χ2v) is 5.41. The molecule has 1 aliphatic rings. The lowest BCUT2D eigenvalue weighted by Gasteiger charge is -2.24. The zero-order chi connectivity index (χ0) is 13.8. The predicted molar refractivity (Wildman–Crippen MR) is 83.9 cm³/mol. The normalized spacial score (nSPS) is 14.7. The lowest BCUT2D eigenvalue weighted by atomic mass is 10.1. The van der Waals surface area contributed by atoms with Gasteiger partial charge in [-0.1, -0.05) is 18.2 Å². The van der Waals surface area contributed by atoms with Gasteiger partial charge in [-0.25, -0.2) is 0 Å². The molecule has 0 fully saturated rings. The number of hydrogen-bond donors (Lipinski definition) is 1. The number of anilines is 2. The quantitative estimate of drug-likeness (QED) is 0.929. The van der Waals surface area contributed by atoms with E-state index < -0.39 is 0 Å². The average Bonchev–Trinajstić information content (AvgIpc) is 2.69. The van der Waals surface area contributed by atoms with Crippen LogP contribution < -0.4 is 10.6 Å². The molecule has 104 valence electrons. The molecule has 0 amide bonds. The summed E-state index contributed by atoms with van der Waals surface area (Å²) in [6.07, 6.45) is 6.46. The molecule has 1 aromatic carbocycles. The summed E-state index contributed by atoms with van der Waals surface area (Å²) in [5.41, 5.74) is 10.4. The van der Waals surface area contributed by atoms with Gasteiger partial charge in [0.05, 0.1) is 11.9 Å². The summed E-state index contributed by atoms with van der Waals surface area (Å²) in [6, 6.07) is 12.7. The van der Waals surface area contributed by atoms with Crippen molar-refractivity contribution in [1.82, 2.24) is 4.98 Å². The van der Waals surface area contributed by atoms with Crippen LogP contribution in [-0.4, -0.2) is 18.1 Å². The van der Waals surface area contributed by atoms with Gasteiger partial charge in [0.15, 0.2) is 0 Å². The summed E-state index contributed by atoms with van der Waals surface area (Å²) in [5, 5.41) is 0. The molecular formula is C17H21N3. The van der Waals surface area contributed by atoms with Gasteiger partial charge in [-0.2, -0.15) is 0 Å². The zero-order valence-electron chi connectivity index (χ0n) is 11.8. The standard InChI is InChI=1S/C17H21N3/c18-15-8-9-16(19-13-15)10-12-20-11-4-3-6-14-5-1-2-7-17(14)20/h1-2,5,7-9,13H,3-4,6,10-12,18H2. The van der Waals surface area contributed by atoms with Crippen LogP contribution in [0.5, 0.6) is 0 Å².